The van der Waals surface area contributed by atoms with Gasteiger partial charge < -0.3 is 14.6 Å². The zero-order chi connectivity index (χ0) is 20.9. The maximum absolute atomic E-state index is 12.9. The molecule has 3 aromatic heterocycles. The number of pyridine rings is 1. The van der Waals surface area contributed by atoms with Crippen LogP contribution in [0.4, 0.5) is 0 Å². The van der Waals surface area contributed by atoms with Crippen LogP contribution in [0.2, 0.25) is 0 Å². The molecule has 1 unspecified atom stereocenters. The molecular formula is C23H21N3O3S. The van der Waals surface area contributed by atoms with Gasteiger partial charge in [-0.25, -0.2) is 4.79 Å². The van der Waals surface area contributed by atoms with E-state index in [0.29, 0.717) is 24.4 Å². The van der Waals surface area contributed by atoms with Gasteiger partial charge in [0.1, 0.15) is 5.69 Å². The third kappa shape index (κ3) is 4.26. The monoisotopic (exact) mass is 419 g/mol. The Kier molecular flexibility index (Phi) is 5.90. The number of aryl methyl sites for hydroxylation is 1. The second kappa shape index (κ2) is 8.92. The molecule has 1 aromatic carbocycles. The van der Waals surface area contributed by atoms with Gasteiger partial charge in [0, 0.05) is 19.8 Å². The van der Waals surface area contributed by atoms with E-state index in [-0.39, 0.29) is 0 Å². The number of ether oxygens (including phenoxy) is 1. The number of aromatic nitrogens is 2. The summed E-state index contributed by atoms with van der Waals surface area (Å²) in [6, 6.07) is 18.8. The molecule has 6 nitrogen and oxygen atoms in total. The van der Waals surface area contributed by atoms with E-state index in [1.807, 2.05) is 41.8 Å². The van der Waals surface area contributed by atoms with Crippen LogP contribution >= 0.6 is 11.3 Å². The Labute approximate surface area is 178 Å². The highest BCUT2D eigenvalue weighted by Crippen LogP contribution is 2.26. The Morgan fingerprint density at radius 3 is 2.67 bits per heavy atom. The SMILES string of the molecule is Cn1c(C(=O)OC(C(=O)NCCc2ccccc2)c2ccccn2)cc2sccc21. The second-order valence-corrected chi connectivity index (χ2v) is 7.77. The Hall–Kier alpha value is -3.45. The van der Waals surface area contributed by atoms with Crippen molar-refractivity contribution in [3.63, 3.8) is 0 Å². The van der Waals surface area contributed by atoms with Crippen molar-refractivity contribution in [1.29, 1.82) is 0 Å². The summed E-state index contributed by atoms with van der Waals surface area (Å²) in [7, 11) is 1.81. The molecule has 7 heteroatoms. The van der Waals surface area contributed by atoms with Crippen LogP contribution in [0.5, 0.6) is 0 Å². The van der Waals surface area contributed by atoms with E-state index in [9.17, 15) is 9.59 Å². The van der Waals surface area contributed by atoms with Crippen molar-refractivity contribution >= 4 is 33.4 Å². The predicted octanol–water partition coefficient (Wildman–Crippen LogP) is 3.89. The van der Waals surface area contributed by atoms with Gasteiger partial charge in [0.15, 0.2) is 0 Å². The first-order chi connectivity index (χ1) is 14.6. The molecule has 0 saturated heterocycles. The average Bonchev–Trinajstić information content (AvgIpc) is 3.36. The Balaban J connectivity index is 1.49. The van der Waals surface area contributed by atoms with Crippen LogP contribution in [-0.4, -0.2) is 28.0 Å². The van der Waals surface area contributed by atoms with Gasteiger partial charge in [-0.2, -0.15) is 0 Å². The van der Waals surface area contributed by atoms with Gasteiger partial charge in [0.05, 0.1) is 15.9 Å². The zero-order valence-corrected chi connectivity index (χ0v) is 17.3. The zero-order valence-electron chi connectivity index (χ0n) is 16.4. The molecule has 1 amide bonds. The summed E-state index contributed by atoms with van der Waals surface area (Å²) in [5.41, 5.74) is 2.86. The number of esters is 1. The first kappa shape index (κ1) is 19.8. The average molecular weight is 420 g/mol. The smallest absolute Gasteiger partial charge is 0.356 e. The Morgan fingerprint density at radius 2 is 1.93 bits per heavy atom. The van der Waals surface area contributed by atoms with Crippen LogP contribution < -0.4 is 5.32 Å². The number of amides is 1. The van der Waals surface area contributed by atoms with Crippen LogP contribution in [0.1, 0.15) is 27.8 Å². The van der Waals surface area contributed by atoms with Gasteiger partial charge in [-0.3, -0.25) is 9.78 Å². The molecule has 1 N–H and O–H groups in total. The molecule has 3 heterocycles. The van der Waals surface area contributed by atoms with Gasteiger partial charge >= 0.3 is 5.97 Å². The molecule has 0 aliphatic carbocycles. The maximum atomic E-state index is 12.9. The molecule has 30 heavy (non-hydrogen) atoms. The third-order valence-electron chi connectivity index (χ3n) is 4.85. The van der Waals surface area contributed by atoms with Gasteiger partial charge in [0.2, 0.25) is 6.10 Å². The van der Waals surface area contributed by atoms with E-state index in [1.54, 1.807) is 53.4 Å². The lowest BCUT2D eigenvalue weighted by molar-refractivity contribution is -0.130. The summed E-state index contributed by atoms with van der Waals surface area (Å²) in [5, 5.41) is 4.83. The highest BCUT2D eigenvalue weighted by molar-refractivity contribution is 7.17. The Morgan fingerprint density at radius 1 is 1.13 bits per heavy atom. The molecule has 0 spiro atoms. The van der Waals surface area contributed by atoms with E-state index in [0.717, 1.165) is 15.8 Å². The van der Waals surface area contributed by atoms with Crippen molar-refractivity contribution in [2.75, 3.05) is 6.54 Å². The molecule has 0 aliphatic rings. The standard InChI is InChI=1S/C23H21N3O3S/c1-26-18-11-14-30-20(18)15-19(26)23(28)29-21(17-9-5-6-12-24-17)22(27)25-13-10-16-7-3-2-4-8-16/h2-9,11-12,14-15,21H,10,13H2,1H3,(H,25,27). The van der Waals surface area contributed by atoms with E-state index >= 15 is 0 Å². The van der Waals surface area contributed by atoms with Crippen molar-refractivity contribution in [2.45, 2.75) is 12.5 Å². The number of hydrogen-bond donors (Lipinski definition) is 1. The number of thiophene rings is 1. The fraction of sp³-hybridized carbons (Fsp3) is 0.174. The van der Waals surface area contributed by atoms with Gasteiger partial charge in [-0.15, -0.1) is 11.3 Å². The van der Waals surface area contributed by atoms with E-state index in [4.69, 9.17) is 4.74 Å². The van der Waals surface area contributed by atoms with Crippen LogP contribution in [-0.2, 0) is 23.0 Å². The van der Waals surface area contributed by atoms with Crippen molar-refractivity contribution in [3.8, 4) is 0 Å². The summed E-state index contributed by atoms with van der Waals surface area (Å²) < 4.78 is 8.40. The summed E-state index contributed by atoms with van der Waals surface area (Å²) >= 11 is 1.55. The van der Waals surface area contributed by atoms with Crippen molar-refractivity contribution in [1.82, 2.24) is 14.9 Å². The lowest BCUT2D eigenvalue weighted by Crippen LogP contribution is -2.34. The molecule has 0 bridgehead atoms. The molecule has 0 saturated carbocycles. The minimum Gasteiger partial charge on any atom is -0.441 e. The summed E-state index contributed by atoms with van der Waals surface area (Å²) in [6.45, 7) is 0.434. The molecule has 152 valence electrons. The lowest BCUT2D eigenvalue weighted by Gasteiger charge is -2.17. The topological polar surface area (TPSA) is 73.2 Å². The van der Waals surface area contributed by atoms with Gasteiger partial charge in [-0.1, -0.05) is 36.4 Å². The van der Waals surface area contributed by atoms with E-state index in [2.05, 4.69) is 10.3 Å². The summed E-state index contributed by atoms with van der Waals surface area (Å²) in [5.74, 6) is -0.955. The van der Waals surface area contributed by atoms with E-state index in [1.165, 1.54) is 0 Å². The maximum Gasteiger partial charge on any atom is 0.356 e. The number of carbonyl (C=O) groups excluding carboxylic acids is 2. The van der Waals surface area contributed by atoms with Crippen molar-refractivity contribution in [3.05, 3.63) is 89.2 Å². The van der Waals surface area contributed by atoms with Crippen LogP contribution in [0, 0.1) is 0 Å². The second-order valence-electron chi connectivity index (χ2n) is 6.83. The number of fused-ring (bicyclic) bond motifs is 1. The van der Waals surface area contributed by atoms with Crippen molar-refractivity contribution < 1.29 is 14.3 Å². The fourth-order valence-corrected chi connectivity index (χ4v) is 4.11. The number of carbonyl (C=O) groups is 2. The molecule has 0 fully saturated rings. The molecule has 4 aromatic rings. The normalized spacial score (nSPS) is 11.9. The number of hydrogen-bond acceptors (Lipinski definition) is 5. The highest BCUT2D eigenvalue weighted by Gasteiger charge is 2.28. The van der Waals surface area contributed by atoms with Crippen LogP contribution in [0.15, 0.2) is 72.2 Å². The van der Waals surface area contributed by atoms with Gasteiger partial charge in [-0.05, 0) is 41.6 Å². The number of nitrogens with one attached hydrogen (secondary N) is 1. The molecule has 4 rings (SSSR count). The highest BCUT2D eigenvalue weighted by atomic mass is 32.1. The van der Waals surface area contributed by atoms with Gasteiger partial charge in [0.25, 0.3) is 5.91 Å². The van der Waals surface area contributed by atoms with E-state index < -0.39 is 18.0 Å². The molecule has 1 atom stereocenters. The quantitative estimate of drug-likeness (QED) is 0.461. The third-order valence-corrected chi connectivity index (χ3v) is 5.70. The molecule has 0 radical (unpaired) electrons. The first-order valence-electron chi connectivity index (χ1n) is 9.60. The fourth-order valence-electron chi connectivity index (χ4n) is 3.26. The largest absolute Gasteiger partial charge is 0.441 e. The molecule has 0 aliphatic heterocycles. The van der Waals surface area contributed by atoms with Crippen LogP contribution in [0.3, 0.4) is 0 Å². The number of benzene rings is 1. The predicted molar refractivity (Wildman–Crippen MR) is 116 cm³/mol. The Bertz CT molecular complexity index is 1150. The summed E-state index contributed by atoms with van der Waals surface area (Å²) in [4.78, 5) is 30.0. The van der Waals surface area contributed by atoms with Crippen molar-refractivity contribution in [2.24, 2.45) is 7.05 Å². The lowest BCUT2D eigenvalue weighted by atomic mass is 10.1. The first-order valence-corrected chi connectivity index (χ1v) is 10.5. The minimum atomic E-state index is -1.12. The molecular weight excluding hydrogens is 398 g/mol. The minimum absolute atomic E-state index is 0.388. The number of nitrogens with zero attached hydrogens (tertiary/aromatic N) is 2. The van der Waals surface area contributed by atoms with Crippen LogP contribution in [0.25, 0.3) is 10.2 Å². The summed E-state index contributed by atoms with van der Waals surface area (Å²) in [6.07, 6.45) is 1.14. The number of rotatable bonds is 7.